The van der Waals surface area contributed by atoms with Crippen LogP contribution >= 0.6 is 22.6 Å². The third-order valence-corrected chi connectivity index (χ3v) is 5.97. The van der Waals surface area contributed by atoms with Crippen molar-refractivity contribution < 1.29 is 14.2 Å². The number of methoxy groups -OCH3 is 2. The Labute approximate surface area is 176 Å². The summed E-state index contributed by atoms with van der Waals surface area (Å²) >= 11 is 2.20. The lowest BCUT2D eigenvalue weighted by Crippen LogP contribution is -2.31. The van der Waals surface area contributed by atoms with Crippen LogP contribution in [0.3, 0.4) is 0 Å². The highest BCUT2D eigenvalue weighted by Crippen LogP contribution is 2.47. The van der Waals surface area contributed by atoms with Crippen LogP contribution in [0.15, 0.2) is 36.5 Å². The molecular weight excluding hydrogens is 469 g/mol. The number of nitrogens with zero attached hydrogens (tertiary/aromatic N) is 2. The Morgan fingerprint density at radius 2 is 2.00 bits per heavy atom. The first-order valence-electron chi connectivity index (χ1n) is 8.65. The Morgan fingerprint density at radius 1 is 1.21 bits per heavy atom. The lowest BCUT2D eigenvalue weighted by atomic mass is 9.78. The minimum absolute atomic E-state index is 0.0406. The number of fused-ring (bicyclic) bond motifs is 3. The molecule has 6 nitrogen and oxygen atoms in total. The normalized spacial score (nSPS) is 18.3. The van der Waals surface area contributed by atoms with Gasteiger partial charge in [-0.15, -0.1) is 0 Å². The lowest BCUT2D eigenvalue weighted by molar-refractivity contribution is 0.352. The number of ether oxygens (including phenoxy) is 3. The van der Waals surface area contributed by atoms with E-state index < -0.39 is 5.92 Å². The van der Waals surface area contributed by atoms with Crippen molar-refractivity contribution in [2.75, 3.05) is 14.2 Å². The van der Waals surface area contributed by atoms with Crippen molar-refractivity contribution in [2.24, 2.45) is 13.0 Å². The Bertz CT molecular complexity index is 1150. The van der Waals surface area contributed by atoms with Crippen LogP contribution in [-0.4, -0.2) is 24.7 Å². The molecule has 2 heterocycles. The van der Waals surface area contributed by atoms with Crippen LogP contribution < -0.4 is 14.2 Å². The molecule has 1 aliphatic heterocycles. The van der Waals surface area contributed by atoms with Gasteiger partial charge in [0.2, 0.25) is 5.90 Å². The number of benzene rings is 2. The third-order valence-electron chi connectivity index (χ3n) is 5.17. The second-order valence-corrected chi connectivity index (χ2v) is 7.79. The molecule has 4 rings (SSSR count). The van der Waals surface area contributed by atoms with Gasteiger partial charge >= 0.3 is 0 Å². The predicted molar refractivity (Wildman–Crippen MR) is 114 cm³/mol. The van der Waals surface area contributed by atoms with Crippen molar-refractivity contribution >= 4 is 39.4 Å². The van der Waals surface area contributed by atoms with Crippen molar-refractivity contribution in [2.45, 2.75) is 5.92 Å². The highest BCUT2D eigenvalue weighted by Gasteiger charge is 2.38. The zero-order chi connectivity index (χ0) is 20.0. The molecule has 0 saturated carbocycles. The fourth-order valence-corrected chi connectivity index (χ4v) is 4.67. The SMILES string of the molecule is COc1cc(C2c3ccc4c(ccn4C)c3OC(=N)C2C#N)cc(I)c1OC. The number of halogens is 1. The molecule has 0 aliphatic carbocycles. The first-order chi connectivity index (χ1) is 13.5. The molecule has 142 valence electrons. The van der Waals surface area contributed by atoms with Crippen molar-refractivity contribution in [3.8, 4) is 23.3 Å². The van der Waals surface area contributed by atoms with Gasteiger partial charge in [-0.3, -0.25) is 5.41 Å². The van der Waals surface area contributed by atoms with Gasteiger partial charge in [-0.05, 0) is 52.4 Å². The van der Waals surface area contributed by atoms with Gasteiger partial charge in [-0.25, -0.2) is 0 Å². The number of nitriles is 1. The van der Waals surface area contributed by atoms with Crippen LogP contribution in [0.4, 0.5) is 0 Å². The molecule has 0 fully saturated rings. The molecule has 2 unspecified atom stereocenters. The van der Waals surface area contributed by atoms with Gasteiger partial charge in [0.05, 0.1) is 29.4 Å². The summed E-state index contributed by atoms with van der Waals surface area (Å²) in [6, 6.07) is 12.1. The quantitative estimate of drug-likeness (QED) is 0.554. The highest BCUT2D eigenvalue weighted by atomic mass is 127. The number of aromatic nitrogens is 1. The average Bonchev–Trinajstić information content (AvgIpc) is 3.07. The fourth-order valence-electron chi connectivity index (χ4n) is 3.83. The summed E-state index contributed by atoms with van der Waals surface area (Å²) in [6.07, 6.45) is 1.96. The Balaban J connectivity index is 1.98. The summed E-state index contributed by atoms with van der Waals surface area (Å²) in [4.78, 5) is 0. The molecule has 0 saturated heterocycles. The molecule has 28 heavy (non-hydrogen) atoms. The van der Waals surface area contributed by atoms with E-state index in [4.69, 9.17) is 19.6 Å². The second-order valence-electron chi connectivity index (χ2n) is 6.63. The van der Waals surface area contributed by atoms with E-state index in [0.29, 0.717) is 17.2 Å². The summed E-state index contributed by atoms with van der Waals surface area (Å²) in [7, 11) is 5.16. The first-order valence-corrected chi connectivity index (χ1v) is 9.73. The van der Waals surface area contributed by atoms with E-state index in [-0.39, 0.29) is 11.8 Å². The zero-order valence-electron chi connectivity index (χ0n) is 15.6. The lowest BCUT2D eigenvalue weighted by Gasteiger charge is -2.31. The minimum Gasteiger partial charge on any atom is -0.493 e. The van der Waals surface area contributed by atoms with E-state index in [1.165, 1.54) is 0 Å². The summed E-state index contributed by atoms with van der Waals surface area (Å²) in [5, 5.41) is 19.1. The van der Waals surface area contributed by atoms with E-state index >= 15 is 0 Å². The van der Waals surface area contributed by atoms with Gasteiger partial charge in [0, 0.05) is 30.1 Å². The molecule has 1 N–H and O–H groups in total. The van der Waals surface area contributed by atoms with Gasteiger partial charge in [-0.2, -0.15) is 5.26 Å². The summed E-state index contributed by atoms with van der Waals surface area (Å²) < 4.78 is 19.7. The van der Waals surface area contributed by atoms with Gasteiger partial charge < -0.3 is 18.8 Å². The van der Waals surface area contributed by atoms with Gasteiger partial charge in [0.1, 0.15) is 11.7 Å². The molecular formula is C21H18IN3O3. The minimum atomic E-state index is -0.720. The monoisotopic (exact) mass is 487 g/mol. The maximum atomic E-state index is 9.80. The highest BCUT2D eigenvalue weighted by molar-refractivity contribution is 14.1. The molecule has 3 aromatic rings. The molecule has 2 atom stereocenters. The van der Waals surface area contributed by atoms with Crippen LogP contribution in [0.1, 0.15) is 17.0 Å². The molecule has 0 amide bonds. The van der Waals surface area contributed by atoms with Crippen LogP contribution in [0.2, 0.25) is 0 Å². The summed E-state index contributed by atoms with van der Waals surface area (Å²) in [6.45, 7) is 0. The molecule has 0 spiro atoms. The topological polar surface area (TPSA) is 80.3 Å². The van der Waals surface area contributed by atoms with E-state index in [1.54, 1.807) is 14.2 Å². The van der Waals surface area contributed by atoms with Crippen molar-refractivity contribution in [3.63, 3.8) is 0 Å². The Kier molecular flexibility index (Phi) is 4.67. The number of rotatable bonds is 3. The van der Waals surface area contributed by atoms with Gasteiger partial charge in [0.15, 0.2) is 11.5 Å². The van der Waals surface area contributed by atoms with Crippen molar-refractivity contribution in [1.82, 2.24) is 4.57 Å². The number of nitrogens with one attached hydrogen (secondary N) is 1. The molecule has 1 aliphatic rings. The summed E-state index contributed by atoms with van der Waals surface area (Å²) in [5.41, 5.74) is 2.80. The van der Waals surface area contributed by atoms with Crippen LogP contribution in [0.5, 0.6) is 17.2 Å². The first kappa shape index (κ1) is 18.6. The maximum absolute atomic E-state index is 9.80. The van der Waals surface area contributed by atoms with Crippen LogP contribution in [-0.2, 0) is 7.05 Å². The van der Waals surface area contributed by atoms with E-state index in [0.717, 1.165) is 25.6 Å². The standard InChI is InChI=1S/C21H18IN3O3/c1-25-7-6-12-16(25)5-4-13-18(14(10-23)21(24)28-19(12)13)11-8-15(22)20(27-3)17(9-11)26-2/h4-9,14,18,24H,1-3H3. The molecule has 1 aromatic heterocycles. The molecule has 7 heteroatoms. The molecule has 0 radical (unpaired) electrons. The Hall–Kier alpha value is -2.73. The molecule has 0 bridgehead atoms. The van der Waals surface area contributed by atoms with E-state index in [9.17, 15) is 5.26 Å². The predicted octanol–water partition coefficient (Wildman–Crippen LogP) is 4.44. The number of aryl methyl sites for hydroxylation is 1. The third kappa shape index (κ3) is 2.71. The van der Waals surface area contributed by atoms with Crippen molar-refractivity contribution in [3.05, 3.63) is 51.2 Å². The average molecular weight is 487 g/mol. The van der Waals surface area contributed by atoms with Crippen molar-refractivity contribution in [1.29, 1.82) is 10.7 Å². The Morgan fingerprint density at radius 3 is 2.68 bits per heavy atom. The van der Waals surface area contributed by atoms with Gasteiger partial charge in [-0.1, -0.05) is 6.07 Å². The van der Waals surface area contributed by atoms with Gasteiger partial charge in [0.25, 0.3) is 0 Å². The smallest absolute Gasteiger partial charge is 0.205 e. The van der Waals surface area contributed by atoms with Crippen LogP contribution in [0, 0.1) is 26.2 Å². The number of hydrogen-bond acceptors (Lipinski definition) is 5. The van der Waals surface area contributed by atoms with Crippen LogP contribution in [0.25, 0.3) is 10.9 Å². The fraction of sp³-hybridized carbons (Fsp3) is 0.238. The molecule has 2 aromatic carbocycles. The maximum Gasteiger partial charge on any atom is 0.205 e. The zero-order valence-corrected chi connectivity index (χ0v) is 17.8. The largest absolute Gasteiger partial charge is 0.493 e. The second kappa shape index (κ2) is 7.02. The van der Waals surface area contributed by atoms with E-state index in [2.05, 4.69) is 28.7 Å². The number of hydrogen-bond donors (Lipinski definition) is 1. The van der Waals surface area contributed by atoms with E-state index in [1.807, 2.05) is 48.1 Å². The summed E-state index contributed by atoms with van der Waals surface area (Å²) in [5.74, 6) is 0.801.